The molecule has 1 fully saturated rings. The first-order valence-corrected chi connectivity index (χ1v) is 7.27. The van der Waals surface area contributed by atoms with Crippen LogP contribution in [-0.4, -0.2) is 17.0 Å². The quantitative estimate of drug-likeness (QED) is 0.864. The van der Waals surface area contributed by atoms with Crippen molar-refractivity contribution in [1.29, 1.82) is 0 Å². The number of carbonyl (C=O) groups is 2. The van der Waals surface area contributed by atoms with Gasteiger partial charge in [-0.25, -0.2) is 4.79 Å². The van der Waals surface area contributed by atoms with E-state index in [-0.39, 0.29) is 16.5 Å². The zero-order chi connectivity index (χ0) is 14.5. The van der Waals surface area contributed by atoms with Crippen molar-refractivity contribution < 1.29 is 14.7 Å². The fourth-order valence-corrected chi connectivity index (χ4v) is 2.82. The van der Waals surface area contributed by atoms with Crippen molar-refractivity contribution in [3.05, 3.63) is 28.8 Å². The molecule has 1 amide bonds. The van der Waals surface area contributed by atoms with Gasteiger partial charge < -0.3 is 10.4 Å². The Morgan fingerprint density at radius 2 is 2.00 bits per heavy atom. The highest BCUT2D eigenvalue weighted by molar-refractivity contribution is 6.34. The Morgan fingerprint density at radius 1 is 1.30 bits per heavy atom. The molecule has 1 aliphatic carbocycles. The molecule has 1 aromatic rings. The standard InChI is InChI=1S/C15H18ClNO3/c16-12-9-11(15(19)20)6-7-13(12)17-14(18)8-5-10-3-1-2-4-10/h6-7,9-10H,1-5,8H2,(H,17,18)(H,19,20). The molecule has 0 saturated heterocycles. The number of carboxylic acid groups (broad SMARTS) is 1. The number of carboxylic acids is 1. The summed E-state index contributed by atoms with van der Waals surface area (Å²) >= 11 is 5.97. The SMILES string of the molecule is O=C(CCC1CCCC1)Nc1ccc(C(=O)O)cc1Cl. The summed E-state index contributed by atoms with van der Waals surface area (Å²) in [5.41, 5.74) is 0.576. The van der Waals surface area contributed by atoms with Crippen molar-refractivity contribution in [1.82, 2.24) is 0 Å². The fourth-order valence-electron chi connectivity index (χ4n) is 2.60. The lowest BCUT2D eigenvalue weighted by molar-refractivity contribution is -0.116. The summed E-state index contributed by atoms with van der Waals surface area (Å²) in [6.07, 6.45) is 6.39. The van der Waals surface area contributed by atoms with E-state index < -0.39 is 5.97 Å². The Balaban J connectivity index is 1.88. The summed E-state index contributed by atoms with van der Waals surface area (Å²) < 4.78 is 0. The van der Waals surface area contributed by atoms with E-state index in [9.17, 15) is 9.59 Å². The maximum Gasteiger partial charge on any atom is 0.335 e. The number of carbonyl (C=O) groups excluding carboxylic acids is 1. The molecule has 20 heavy (non-hydrogen) atoms. The minimum atomic E-state index is -1.04. The highest BCUT2D eigenvalue weighted by Gasteiger charge is 2.16. The number of anilines is 1. The van der Waals surface area contributed by atoms with Crippen LogP contribution in [0.2, 0.25) is 5.02 Å². The summed E-state index contributed by atoms with van der Waals surface area (Å²) in [5.74, 6) is -0.432. The zero-order valence-corrected chi connectivity index (χ0v) is 11.9. The third kappa shape index (κ3) is 3.97. The van der Waals surface area contributed by atoms with Crippen molar-refractivity contribution in [2.75, 3.05) is 5.32 Å². The molecule has 0 unspecified atom stereocenters. The van der Waals surface area contributed by atoms with E-state index in [1.165, 1.54) is 43.9 Å². The summed E-state index contributed by atoms with van der Waals surface area (Å²) in [7, 11) is 0. The van der Waals surface area contributed by atoms with Crippen molar-refractivity contribution >= 4 is 29.2 Å². The second kappa shape index (κ2) is 6.75. The van der Waals surface area contributed by atoms with Gasteiger partial charge in [-0.2, -0.15) is 0 Å². The van der Waals surface area contributed by atoms with Gasteiger partial charge in [-0.1, -0.05) is 37.3 Å². The van der Waals surface area contributed by atoms with Gasteiger partial charge in [0.25, 0.3) is 0 Å². The number of aromatic carboxylic acids is 1. The smallest absolute Gasteiger partial charge is 0.335 e. The third-order valence-corrected chi connectivity index (χ3v) is 4.06. The minimum absolute atomic E-state index is 0.0677. The van der Waals surface area contributed by atoms with Gasteiger partial charge in [0.2, 0.25) is 5.91 Å². The first-order chi connectivity index (χ1) is 9.56. The Hall–Kier alpha value is -1.55. The molecule has 0 spiro atoms. The Kier molecular flexibility index (Phi) is 5.01. The average Bonchev–Trinajstić information content (AvgIpc) is 2.91. The number of hydrogen-bond donors (Lipinski definition) is 2. The number of hydrogen-bond acceptors (Lipinski definition) is 2. The van der Waals surface area contributed by atoms with Gasteiger partial charge in [-0.3, -0.25) is 4.79 Å². The molecule has 2 N–H and O–H groups in total. The number of benzene rings is 1. The summed E-state index contributed by atoms with van der Waals surface area (Å²) in [6, 6.07) is 4.30. The first kappa shape index (κ1) is 14.9. The van der Waals surface area contributed by atoms with E-state index >= 15 is 0 Å². The summed E-state index contributed by atoms with van der Waals surface area (Å²) in [6.45, 7) is 0. The molecule has 2 rings (SSSR count). The largest absolute Gasteiger partial charge is 0.478 e. The lowest BCUT2D eigenvalue weighted by Gasteiger charge is -2.10. The van der Waals surface area contributed by atoms with Gasteiger partial charge in [-0.15, -0.1) is 0 Å². The molecule has 0 atom stereocenters. The van der Waals surface area contributed by atoms with Crippen molar-refractivity contribution in [3.63, 3.8) is 0 Å². The lowest BCUT2D eigenvalue weighted by Crippen LogP contribution is -2.13. The van der Waals surface area contributed by atoms with Crippen molar-refractivity contribution in [2.45, 2.75) is 38.5 Å². The molecule has 0 bridgehead atoms. The van der Waals surface area contributed by atoms with Crippen LogP contribution in [0.5, 0.6) is 0 Å². The number of amides is 1. The Labute approximate surface area is 123 Å². The molecule has 1 aliphatic rings. The molecule has 5 heteroatoms. The minimum Gasteiger partial charge on any atom is -0.478 e. The monoisotopic (exact) mass is 295 g/mol. The van der Waals surface area contributed by atoms with E-state index in [2.05, 4.69) is 5.32 Å². The van der Waals surface area contributed by atoms with Crippen LogP contribution in [0, 0.1) is 5.92 Å². The Bertz CT molecular complexity index is 510. The third-order valence-electron chi connectivity index (χ3n) is 3.74. The van der Waals surface area contributed by atoms with Crippen LogP contribution in [0.1, 0.15) is 48.9 Å². The molecule has 0 radical (unpaired) electrons. The van der Waals surface area contributed by atoms with E-state index in [1.54, 1.807) is 0 Å². The van der Waals surface area contributed by atoms with E-state index in [1.807, 2.05) is 0 Å². The predicted molar refractivity (Wildman–Crippen MR) is 78.2 cm³/mol. The molecule has 4 nitrogen and oxygen atoms in total. The predicted octanol–water partition coefficient (Wildman–Crippen LogP) is 3.95. The lowest BCUT2D eigenvalue weighted by atomic mass is 10.0. The van der Waals surface area contributed by atoms with Crippen LogP contribution < -0.4 is 5.32 Å². The fraction of sp³-hybridized carbons (Fsp3) is 0.467. The molecular weight excluding hydrogens is 278 g/mol. The summed E-state index contributed by atoms with van der Waals surface area (Å²) in [4.78, 5) is 22.6. The van der Waals surface area contributed by atoms with Crippen LogP contribution in [0.15, 0.2) is 18.2 Å². The van der Waals surface area contributed by atoms with Gasteiger partial charge in [-0.05, 0) is 30.5 Å². The van der Waals surface area contributed by atoms with Crippen LogP contribution in [-0.2, 0) is 4.79 Å². The number of halogens is 1. The molecule has 1 saturated carbocycles. The van der Waals surface area contributed by atoms with Gasteiger partial charge in [0.15, 0.2) is 0 Å². The highest BCUT2D eigenvalue weighted by atomic mass is 35.5. The van der Waals surface area contributed by atoms with Gasteiger partial charge in [0.1, 0.15) is 0 Å². The molecule has 1 aromatic carbocycles. The normalized spacial score (nSPS) is 15.2. The molecule has 0 aromatic heterocycles. The molecular formula is C15H18ClNO3. The first-order valence-electron chi connectivity index (χ1n) is 6.89. The zero-order valence-electron chi connectivity index (χ0n) is 11.2. The molecule has 0 heterocycles. The van der Waals surface area contributed by atoms with Crippen LogP contribution in [0.3, 0.4) is 0 Å². The van der Waals surface area contributed by atoms with Gasteiger partial charge >= 0.3 is 5.97 Å². The number of nitrogens with one attached hydrogen (secondary N) is 1. The van der Waals surface area contributed by atoms with Crippen molar-refractivity contribution in [2.24, 2.45) is 5.92 Å². The second-order valence-electron chi connectivity index (χ2n) is 5.24. The van der Waals surface area contributed by atoms with E-state index in [0.29, 0.717) is 18.0 Å². The van der Waals surface area contributed by atoms with Crippen LogP contribution >= 0.6 is 11.6 Å². The van der Waals surface area contributed by atoms with Crippen molar-refractivity contribution in [3.8, 4) is 0 Å². The maximum atomic E-state index is 11.9. The van der Waals surface area contributed by atoms with Crippen LogP contribution in [0.4, 0.5) is 5.69 Å². The highest BCUT2D eigenvalue weighted by Crippen LogP contribution is 2.29. The average molecular weight is 296 g/mol. The second-order valence-corrected chi connectivity index (χ2v) is 5.64. The van der Waals surface area contributed by atoms with E-state index in [0.717, 1.165) is 6.42 Å². The van der Waals surface area contributed by atoms with Crippen LogP contribution in [0.25, 0.3) is 0 Å². The summed E-state index contributed by atoms with van der Waals surface area (Å²) in [5, 5.41) is 11.8. The van der Waals surface area contributed by atoms with E-state index in [4.69, 9.17) is 16.7 Å². The molecule has 0 aliphatic heterocycles. The van der Waals surface area contributed by atoms with Gasteiger partial charge in [0.05, 0.1) is 16.3 Å². The maximum absolute atomic E-state index is 11.9. The Morgan fingerprint density at radius 3 is 2.60 bits per heavy atom. The topological polar surface area (TPSA) is 66.4 Å². The number of rotatable bonds is 5. The molecule has 108 valence electrons. The van der Waals surface area contributed by atoms with Gasteiger partial charge in [0, 0.05) is 6.42 Å².